The number of hydrogen-bond acceptors (Lipinski definition) is 17. The molecule has 8 aromatic rings. The van der Waals surface area contributed by atoms with E-state index in [-0.39, 0.29) is 11.8 Å². The Kier molecular flexibility index (Phi) is 16.0. The molecule has 0 bridgehead atoms. The third kappa shape index (κ3) is 12.6. The summed E-state index contributed by atoms with van der Waals surface area (Å²) < 4.78 is 0. The molecule has 2 aromatic carbocycles. The van der Waals surface area contributed by atoms with Crippen LogP contribution in [0.3, 0.4) is 0 Å². The highest BCUT2D eigenvalue weighted by Crippen LogP contribution is 2.26. The van der Waals surface area contributed by atoms with Gasteiger partial charge in [0.1, 0.15) is 35.9 Å². The van der Waals surface area contributed by atoms with E-state index >= 15 is 0 Å². The van der Waals surface area contributed by atoms with Crippen LogP contribution < -0.4 is 37.2 Å². The van der Waals surface area contributed by atoms with Gasteiger partial charge in [-0.25, -0.2) is 29.9 Å². The number of aromatic nitrogens is 6. The Labute approximate surface area is 408 Å². The van der Waals surface area contributed by atoms with Gasteiger partial charge in [-0.3, -0.25) is 19.3 Å². The minimum absolute atomic E-state index is 0.0396. The van der Waals surface area contributed by atoms with Gasteiger partial charge in [0.05, 0.1) is 14.6 Å². The van der Waals surface area contributed by atoms with Crippen molar-refractivity contribution in [2.24, 2.45) is 0 Å². The van der Waals surface area contributed by atoms with Crippen molar-refractivity contribution in [2.45, 2.75) is 33.5 Å². The highest BCUT2D eigenvalue weighted by molar-refractivity contribution is 7.15. The fourth-order valence-electron chi connectivity index (χ4n) is 7.95. The Hall–Kier alpha value is -7.45. The van der Waals surface area contributed by atoms with E-state index in [1.54, 1.807) is 54.8 Å². The molecule has 2 aliphatic rings. The first kappa shape index (κ1) is 48.0. The smallest absolute Gasteiger partial charge is 0.261 e. The molecule has 17 nitrogen and oxygen atoms in total. The van der Waals surface area contributed by atoms with E-state index in [0.717, 1.165) is 120 Å². The highest BCUT2D eigenvalue weighted by atomic mass is 32.1. The molecule has 354 valence electrons. The van der Waals surface area contributed by atoms with E-state index in [1.165, 1.54) is 21.8 Å². The molecule has 2 saturated heterocycles. The number of anilines is 4. The van der Waals surface area contributed by atoms with Gasteiger partial charge in [-0.15, -0.1) is 22.7 Å². The molecular weight excluding hydrogens is 909 g/mol. The van der Waals surface area contributed by atoms with Crippen molar-refractivity contribution in [3.63, 3.8) is 0 Å². The molecule has 6 aromatic heterocycles. The fourth-order valence-corrected chi connectivity index (χ4v) is 9.99. The lowest BCUT2D eigenvalue weighted by atomic mass is 10.1. The molecule has 2 fully saturated rings. The number of hydrogen-bond donors (Lipinski definition) is 5. The molecule has 0 spiro atoms. The molecule has 69 heavy (non-hydrogen) atoms. The first-order valence-electron chi connectivity index (χ1n) is 22.5. The van der Waals surface area contributed by atoms with Gasteiger partial charge in [-0.2, -0.15) is 0 Å². The van der Waals surface area contributed by atoms with E-state index in [9.17, 15) is 14.4 Å². The van der Waals surface area contributed by atoms with Crippen LogP contribution >= 0.6 is 22.7 Å². The van der Waals surface area contributed by atoms with Crippen molar-refractivity contribution in [3.8, 4) is 0 Å². The number of benzene rings is 2. The molecule has 0 atom stereocenters. The quantitative estimate of drug-likeness (QED) is 0.0931. The summed E-state index contributed by atoms with van der Waals surface area (Å²) in [6.45, 7) is 13.6. The standard InChI is InChI=1S/C25H27N7OS.C17H15N3O2S.C8H12N4/c1-17-12-21(25(33)29-14-18-2-3-20-19(13-18)4-7-28-24(20)26)34-22(17)15-31-8-10-32(11-9-31)23-5-6-27-16-30-23;1-10-6-14(23-15(10)9-21)17(22)20-8-11-2-3-13-12(7-11)4-5-19-16(13)18;1-2-10-7-11-8(1)12-5-3-9-4-6-12/h2-7,12-13,16H,8-11,14-15H2,1H3,(H2,26,28)(H,29,33);2-7,9H,8H2,1H3,(H2,18,19)(H,20,22);1-2,7,9H,3-6H2. The Morgan fingerprint density at radius 3 is 1.67 bits per heavy atom. The number of fused-ring (bicyclic) bond motifs is 2. The van der Waals surface area contributed by atoms with Gasteiger partial charge in [-0.05, 0) is 95.4 Å². The van der Waals surface area contributed by atoms with E-state index in [4.69, 9.17) is 11.5 Å². The summed E-state index contributed by atoms with van der Waals surface area (Å²) in [4.78, 5) is 70.6. The Morgan fingerprint density at radius 2 is 1.16 bits per heavy atom. The number of nitrogens with one attached hydrogen (secondary N) is 3. The topological polar surface area (TPSA) is 226 Å². The zero-order valence-corrected chi connectivity index (χ0v) is 40.1. The Morgan fingerprint density at radius 1 is 0.638 bits per heavy atom. The summed E-state index contributed by atoms with van der Waals surface area (Å²) in [5, 5.41) is 13.0. The van der Waals surface area contributed by atoms with Crippen LogP contribution in [0.15, 0.2) is 110 Å². The molecule has 19 heteroatoms. The van der Waals surface area contributed by atoms with Crippen LogP contribution in [0.5, 0.6) is 0 Å². The third-order valence-electron chi connectivity index (χ3n) is 11.8. The summed E-state index contributed by atoms with van der Waals surface area (Å²) in [5.74, 6) is 2.81. The lowest BCUT2D eigenvalue weighted by Gasteiger charge is -2.35. The first-order valence-corrected chi connectivity index (χ1v) is 24.2. The van der Waals surface area contributed by atoms with Crippen LogP contribution in [0, 0.1) is 13.8 Å². The maximum Gasteiger partial charge on any atom is 0.261 e. The van der Waals surface area contributed by atoms with Crippen molar-refractivity contribution in [3.05, 3.63) is 152 Å². The maximum atomic E-state index is 12.8. The van der Waals surface area contributed by atoms with Gasteiger partial charge >= 0.3 is 0 Å². The number of thiophene rings is 2. The number of nitrogens with zero attached hydrogens (tertiary/aromatic N) is 9. The predicted molar refractivity (Wildman–Crippen MR) is 275 cm³/mol. The van der Waals surface area contributed by atoms with Gasteiger partial charge in [0, 0.05) is 112 Å². The monoisotopic (exact) mass is 962 g/mol. The van der Waals surface area contributed by atoms with Crippen LogP contribution in [-0.2, 0) is 19.6 Å². The third-order valence-corrected chi connectivity index (χ3v) is 14.2. The molecule has 0 saturated carbocycles. The second kappa shape index (κ2) is 23.0. The minimum Gasteiger partial charge on any atom is -0.383 e. The summed E-state index contributed by atoms with van der Waals surface area (Å²) in [5.41, 5.74) is 15.8. The van der Waals surface area contributed by atoms with Crippen molar-refractivity contribution in [2.75, 3.05) is 73.6 Å². The predicted octanol–water partition coefficient (Wildman–Crippen LogP) is 6.04. The van der Waals surface area contributed by atoms with Crippen LogP contribution in [0.2, 0.25) is 0 Å². The number of carbonyl (C=O) groups excluding carboxylic acids is 3. The highest BCUT2D eigenvalue weighted by Gasteiger charge is 2.21. The average molecular weight is 963 g/mol. The largest absolute Gasteiger partial charge is 0.383 e. The van der Waals surface area contributed by atoms with Crippen LogP contribution in [-0.4, -0.2) is 105 Å². The van der Waals surface area contributed by atoms with Crippen molar-refractivity contribution >= 4 is 85.6 Å². The van der Waals surface area contributed by atoms with Crippen molar-refractivity contribution < 1.29 is 14.4 Å². The zero-order chi connectivity index (χ0) is 48.1. The molecule has 0 radical (unpaired) electrons. The fraction of sp³-hybridized carbons (Fsp3) is 0.260. The lowest BCUT2D eigenvalue weighted by molar-refractivity contribution is 0.0947. The molecule has 8 heterocycles. The summed E-state index contributed by atoms with van der Waals surface area (Å²) >= 11 is 2.79. The molecule has 10 rings (SSSR count). The van der Waals surface area contributed by atoms with E-state index in [1.807, 2.05) is 73.7 Å². The summed E-state index contributed by atoms with van der Waals surface area (Å²) in [6, 6.07) is 23.2. The van der Waals surface area contributed by atoms with Gasteiger partial charge in [0.2, 0.25) is 0 Å². The van der Waals surface area contributed by atoms with E-state index in [2.05, 4.69) is 67.5 Å². The molecule has 0 unspecified atom stereocenters. The lowest BCUT2D eigenvalue weighted by Crippen LogP contribution is -2.46. The van der Waals surface area contributed by atoms with Gasteiger partial charge in [-0.1, -0.05) is 24.3 Å². The number of nitrogen functional groups attached to an aromatic ring is 2. The van der Waals surface area contributed by atoms with Gasteiger partial charge in [0.25, 0.3) is 11.8 Å². The first-order chi connectivity index (χ1) is 33.6. The molecule has 0 aliphatic carbocycles. The normalized spacial score (nSPS) is 13.8. The number of nitrogens with two attached hydrogens (primary N) is 2. The number of piperazine rings is 2. The van der Waals surface area contributed by atoms with Gasteiger partial charge < -0.3 is 37.2 Å². The van der Waals surface area contributed by atoms with E-state index < -0.39 is 0 Å². The number of aldehydes is 1. The second-order valence-corrected chi connectivity index (χ2v) is 18.7. The molecule has 2 amide bonds. The maximum absolute atomic E-state index is 12.8. The summed E-state index contributed by atoms with van der Waals surface area (Å²) in [7, 11) is 0. The van der Waals surface area contributed by atoms with Gasteiger partial charge in [0.15, 0.2) is 6.29 Å². The number of amides is 2. The Balaban J connectivity index is 0.000000157. The van der Waals surface area contributed by atoms with Crippen molar-refractivity contribution in [1.29, 1.82) is 0 Å². The molecule has 2 aliphatic heterocycles. The van der Waals surface area contributed by atoms with E-state index in [0.29, 0.717) is 34.5 Å². The second-order valence-electron chi connectivity index (χ2n) is 16.5. The number of pyridine rings is 2. The van der Waals surface area contributed by atoms with Crippen LogP contribution in [0.1, 0.15) is 56.1 Å². The minimum atomic E-state index is -0.180. The summed E-state index contributed by atoms with van der Waals surface area (Å²) in [6.07, 6.45) is 10.9. The average Bonchev–Trinajstić information content (AvgIpc) is 3.97. The van der Waals surface area contributed by atoms with Crippen LogP contribution in [0.25, 0.3) is 21.5 Å². The number of aryl methyl sites for hydroxylation is 2. The SMILES string of the molecule is Cc1cc(C(=O)NCc2ccc3c(N)nccc3c2)sc1C=O.Cc1cc(C(=O)NCc2ccc3c(N)nccc3c2)sc1CN1CCN(c2ccncn2)CC1.c1cc(N2CCNCC2)ncn1. The molecule has 7 N–H and O–H groups in total. The molecular formula is C50H54N14O3S2. The number of carbonyl (C=O) groups is 3. The Bertz CT molecular complexity index is 3010. The van der Waals surface area contributed by atoms with Crippen LogP contribution in [0.4, 0.5) is 23.3 Å². The zero-order valence-electron chi connectivity index (χ0n) is 38.5. The van der Waals surface area contributed by atoms with Crippen molar-refractivity contribution in [1.82, 2.24) is 50.8 Å². The number of rotatable bonds is 11.